The van der Waals surface area contributed by atoms with Crippen molar-refractivity contribution in [1.29, 1.82) is 0 Å². The Morgan fingerprint density at radius 1 is 1.06 bits per heavy atom. The molecule has 0 spiro atoms. The van der Waals surface area contributed by atoms with Crippen LogP contribution in [0.1, 0.15) is 52.9 Å². The Balaban J connectivity index is 1.75. The van der Waals surface area contributed by atoms with Crippen molar-refractivity contribution in [3.05, 3.63) is 105 Å². The van der Waals surface area contributed by atoms with E-state index in [1.807, 2.05) is 57.3 Å². The first-order valence-electron chi connectivity index (χ1n) is 11.2. The summed E-state index contributed by atoms with van der Waals surface area (Å²) in [5.74, 6) is -0.126. The predicted molar refractivity (Wildman–Crippen MR) is 131 cm³/mol. The number of rotatable bonds is 6. The standard InChI is InChI=1S/C27H25F3N2O3S/c1-26(2,3)23-16-32(15-20-10-7-13-34-20)25(36-23)31-24(33)21-14-19(27(28,29)30)11-12-22(21)35-17-18-8-5-4-6-9-18/h4-14,16H,15,17H2,1-3H3. The van der Waals surface area contributed by atoms with Crippen LogP contribution >= 0.6 is 11.3 Å². The fourth-order valence-electron chi connectivity index (χ4n) is 3.38. The van der Waals surface area contributed by atoms with E-state index in [2.05, 4.69) is 4.99 Å². The van der Waals surface area contributed by atoms with Gasteiger partial charge in [0.1, 0.15) is 18.1 Å². The molecule has 4 aromatic rings. The number of ether oxygens (including phenoxy) is 1. The third-order valence-corrected chi connectivity index (χ3v) is 6.78. The van der Waals surface area contributed by atoms with Crippen LogP contribution in [0, 0.1) is 0 Å². The Morgan fingerprint density at radius 2 is 1.81 bits per heavy atom. The van der Waals surface area contributed by atoms with Gasteiger partial charge in [-0.25, -0.2) is 0 Å². The molecular weight excluding hydrogens is 489 g/mol. The maximum Gasteiger partial charge on any atom is 0.416 e. The van der Waals surface area contributed by atoms with E-state index in [0.29, 0.717) is 17.1 Å². The van der Waals surface area contributed by atoms with Gasteiger partial charge in [0.15, 0.2) is 4.80 Å². The first-order valence-corrected chi connectivity index (χ1v) is 12.0. The molecule has 0 aliphatic rings. The van der Waals surface area contributed by atoms with Crippen molar-refractivity contribution in [1.82, 2.24) is 4.57 Å². The molecule has 2 heterocycles. The number of aromatic nitrogens is 1. The van der Waals surface area contributed by atoms with Gasteiger partial charge in [-0.3, -0.25) is 4.79 Å². The largest absolute Gasteiger partial charge is 0.488 e. The zero-order chi connectivity index (χ0) is 25.9. The Bertz CT molecular complexity index is 1400. The topological polar surface area (TPSA) is 56.7 Å². The highest BCUT2D eigenvalue weighted by Gasteiger charge is 2.32. The highest BCUT2D eigenvalue weighted by molar-refractivity contribution is 7.09. The van der Waals surface area contributed by atoms with E-state index in [-0.39, 0.29) is 23.3 Å². The number of nitrogens with zero attached hydrogens (tertiary/aromatic N) is 2. The maximum atomic E-state index is 13.5. The van der Waals surface area contributed by atoms with Crippen LogP contribution < -0.4 is 9.54 Å². The third-order valence-electron chi connectivity index (χ3n) is 5.34. The molecule has 188 valence electrons. The van der Waals surface area contributed by atoms with E-state index in [1.54, 1.807) is 23.0 Å². The van der Waals surface area contributed by atoms with Gasteiger partial charge in [-0.1, -0.05) is 51.1 Å². The van der Waals surface area contributed by atoms with Crippen LogP contribution in [0.5, 0.6) is 5.75 Å². The van der Waals surface area contributed by atoms with Gasteiger partial charge in [-0.15, -0.1) is 11.3 Å². The van der Waals surface area contributed by atoms with Crippen molar-refractivity contribution >= 4 is 17.2 Å². The predicted octanol–water partition coefficient (Wildman–Crippen LogP) is 6.83. The van der Waals surface area contributed by atoms with Crippen molar-refractivity contribution in [2.45, 2.75) is 45.5 Å². The minimum atomic E-state index is -4.62. The SMILES string of the molecule is CC(C)(C)c1cn(Cc2ccco2)c(=NC(=O)c2cc(C(F)(F)F)ccc2OCc2ccccc2)s1. The number of carbonyl (C=O) groups is 1. The number of furan rings is 1. The molecule has 0 unspecified atom stereocenters. The summed E-state index contributed by atoms with van der Waals surface area (Å²) in [6.07, 6.45) is -1.18. The van der Waals surface area contributed by atoms with Crippen LogP contribution in [-0.4, -0.2) is 10.5 Å². The Labute approximate surface area is 210 Å². The summed E-state index contributed by atoms with van der Waals surface area (Å²) in [6.45, 7) is 6.52. The van der Waals surface area contributed by atoms with Crippen molar-refractivity contribution in [3.8, 4) is 5.75 Å². The zero-order valence-electron chi connectivity index (χ0n) is 20.0. The normalized spacial score (nSPS) is 12.7. The summed E-state index contributed by atoms with van der Waals surface area (Å²) in [6, 6.07) is 15.6. The van der Waals surface area contributed by atoms with Crippen LogP contribution in [0.25, 0.3) is 0 Å². The minimum absolute atomic E-state index is 0.0331. The monoisotopic (exact) mass is 514 g/mol. The number of halogens is 3. The summed E-state index contributed by atoms with van der Waals surface area (Å²) in [5.41, 5.74) is -0.599. The Hall–Kier alpha value is -3.59. The van der Waals surface area contributed by atoms with Crippen LogP contribution in [0.4, 0.5) is 13.2 Å². The molecule has 9 heteroatoms. The molecule has 0 bridgehead atoms. The third kappa shape index (κ3) is 6.15. The van der Waals surface area contributed by atoms with Crippen LogP contribution in [0.2, 0.25) is 0 Å². The molecule has 0 saturated carbocycles. The maximum absolute atomic E-state index is 13.5. The summed E-state index contributed by atoms with van der Waals surface area (Å²) in [4.78, 5) is 18.8. The van der Waals surface area contributed by atoms with Gasteiger partial charge < -0.3 is 13.7 Å². The number of amides is 1. The van der Waals surface area contributed by atoms with Gasteiger partial charge in [0.05, 0.1) is 23.9 Å². The van der Waals surface area contributed by atoms with Crippen molar-refractivity contribution in [2.24, 2.45) is 4.99 Å². The molecule has 0 N–H and O–H groups in total. The average Bonchev–Trinajstić information content (AvgIpc) is 3.48. The molecule has 0 saturated heterocycles. The highest BCUT2D eigenvalue weighted by atomic mass is 32.1. The van der Waals surface area contributed by atoms with Gasteiger partial charge in [0.2, 0.25) is 0 Å². The molecule has 5 nitrogen and oxygen atoms in total. The lowest BCUT2D eigenvalue weighted by Gasteiger charge is -2.14. The second-order valence-corrected chi connectivity index (χ2v) is 10.2. The molecule has 0 aliphatic carbocycles. The van der Waals surface area contributed by atoms with E-state index < -0.39 is 17.6 Å². The second-order valence-electron chi connectivity index (χ2n) is 9.24. The quantitative estimate of drug-likeness (QED) is 0.284. The van der Waals surface area contributed by atoms with Crippen LogP contribution in [0.15, 0.2) is 82.5 Å². The molecule has 0 fully saturated rings. The van der Waals surface area contributed by atoms with Crippen molar-refractivity contribution in [3.63, 3.8) is 0 Å². The van der Waals surface area contributed by atoms with E-state index in [1.165, 1.54) is 17.4 Å². The molecule has 2 aromatic carbocycles. The minimum Gasteiger partial charge on any atom is -0.488 e. The molecule has 0 atom stereocenters. The number of alkyl halides is 3. The van der Waals surface area contributed by atoms with Crippen molar-refractivity contribution < 1.29 is 27.1 Å². The lowest BCUT2D eigenvalue weighted by Crippen LogP contribution is -2.17. The fourth-order valence-corrected chi connectivity index (χ4v) is 4.43. The van der Waals surface area contributed by atoms with Crippen LogP contribution in [-0.2, 0) is 24.7 Å². The van der Waals surface area contributed by atoms with Gasteiger partial charge in [0.25, 0.3) is 5.91 Å². The zero-order valence-corrected chi connectivity index (χ0v) is 20.8. The van der Waals surface area contributed by atoms with Gasteiger partial charge in [-0.05, 0) is 41.3 Å². The van der Waals surface area contributed by atoms with Gasteiger partial charge in [0, 0.05) is 11.1 Å². The van der Waals surface area contributed by atoms with E-state index in [0.717, 1.165) is 22.6 Å². The number of carbonyl (C=O) groups excluding carboxylic acids is 1. The smallest absolute Gasteiger partial charge is 0.416 e. The van der Waals surface area contributed by atoms with E-state index >= 15 is 0 Å². The first-order chi connectivity index (χ1) is 17.0. The molecule has 0 aliphatic heterocycles. The van der Waals surface area contributed by atoms with Gasteiger partial charge in [-0.2, -0.15) is 18.2 Å². The summed E-state index contributed by atoms with van der Waals surface area (Å²) < 4.78 is 53.3. The summed E-state index contributed by atoms with van der Waals surface area (Å²) in [5, 5.41) is 0. The number of hydrogen-bond donors (Lipinski definition) is 0. The Morgan fingerprint density at radius 3 is 2.44 bits per heavy atom. The number of hydrogen-bond acceptors (Lipinski definition) is 4. The molecule has 36 heavy (non-hydrogen) atoms. The van der Waals surface area contributed by atoms with Gasteiger partial charge >= 0.3 is 6.18 Å². The molecule has 1 amide bonds. The van der Waals surface area contributed by atoms with E-state index in [9.17, 15) is 18.0 Å². The molecule has 0 radical (unpaired) electrons. The fraction of sp³-hybridized carbons (Fsp3) is 0.259. The average molecular weight is 515 g/mol. The molecule has 2 aromatic heterocycles. The molecular formula is C27H25F3N2O3S. The van der Waals surface area contributed by atoms with E-state index in [4.69, 9.17) is 9.15 Å². The first kappa shape index (κ1) is 25.5. The van der Waals surface area contributed by atoms with Crippen LogP contribution in [0.3, 0.4) is 0 Å². The molecule has 4 rings (SSSR count). The number of benzene rings is 2. The van der Waals surface area contributed by atoms with Crippen molar-refractivity contribution in [2.75, 3.05) is 0 Å². The Kier molecular flexibility index (Phi) is 7.21. The summed E-state index contributed by atoms with van der Waals surface area (Å²) in [7, 11) is 0. The highest BCUT2D eigenvalue weighted by Crippen LogP contribution is 2.33. The second kappa shape index (κ2) is 10.2. The summed E-state index contributed by atoms with van der Waals surface area (Å²) >= 11 is 1.31. The number of thiazole rings is 1. The lowest BCUT2D eigenvalue weighted by atomic mass is 9.95. The lowest BCUT2D eigenvalue weighted by molar-refractivity contribution is -0.137.